The van der Waals surface area contributed by atoms with Gasteiger partial charge in [0.05, 0.1) is 36.7 Å². The molecule has 0 radical (unpaired) electrons. The maximum Gasteiger partial charge on any atom is 0.416 e. The van der Waals surface area contributed by atoms with Crippen LogP contribution in [-0.4, -0.2) is 28.4 Å². The Labute approximate surface area is 182 Å². The lowest BCUT2D eigenvalue weighted by molar-refractivity contribution is -0.150. The summed E-state index contributed by atoms with van der Waals surface area (Å²) >= 11 is 0. The summed E-state index contributed by atoms with van der Waals surface area (Å²) in [5, 5.41) is 23.3. The highest BCUT2D eigenvalue weighted by atomic mass is 19.4. The summed E-state index contributed by atoms with van der Waals surface area (Å²) in [6.45, 7) is 0. The lowest BCUT2D eigenvalue weighted by Gasteiger charge is -2.40. The number of nitrogens with zero attached hydrogens (tertiary/aromatic N) is 1. The topological polar surface area (TPSA) is 71.8 Å². The molecule has 0 amide bonds. The van der Waals surface area contributed by atoms with Crippen molar-refractivity contribution in [3.8, 4) is 11.5 Å². The second-order valence-electron chi connectivity index (χ2n) is 8.11. The molecule has 1 fully saturated rings. The first-order valence-corrected chi connectivity index (χ1v) is 10.1. The van der Waals surface area contributed by atoms with E-state index in [9.17, 15) is 23.4 Å². The van der Waals surface area contributed by atoms with Gasteiger partial charge in [-0.25, -0.2) is 0 Å². The smallest absolute Gasteiger partial charge is 0.416 e. The van der Waals surface area contributed by atoms with Gasteiger partial charge in [-0.2, -0.15) is 13.2 Å². The summed E-state index contributed by atoms with van der Waals surface area (Å²) in [7, 11) is 1.41. The summed E-state index contributed by atoms with van der Waals surface area (Å²) in [6.07, 6.45) is -2.83. The van der Waals surface area contributed by atoms with Crippen molar-refractivity contribution in [1.29, 1.82) is 0 Å². The van der Waals surface area contributed by atoms with E-state index < -0.39 is 35.0 Å². The monoisotopic (exact) mass is 443 g/mol. The Morgan fingerprint density at radius 3 is 2.38 bits per heavy atom. The minimum atomic E-state index is -4.51. The number of benzene rings is 2. The fourth-order valence-corrected chi connectivity index (χ4v) is 5.22. The fraction of sp³-hybridized carbons (Fsp3) is 0.292. The summed E-state index contributed by atoms with van der Waals surface area (Å²) < 4.78 is 51.4. The quantitative estimate of drug-likeness (QED) is 0.637. The largest absolute Gasteiger partial charge is 0.495 e. The number of halogens is 3. The average Bonchev–Trinajstić information content (AvgIpc) is 3.19. The van der Waals surface area contributed by atoms with Gasteiger partial charge < -0.3 is 19.7 Å². The number of rotatable bonds is 3. The second-order valence-corrected chi connectivity index (χ2v) is 8.11. The molecule has 3 aromatic rings. The van der Waals surface area contributed by atoms with Crippen LogP contribution in [0.3, 0.4) is 0 Å². The lowest BCUT2D eigenvalue weighted by Crippen LogP contribution is -2.52. The molecule has 1 aliphatic heterocycles. The molecule has 2 N–H and O–H groups in total. The van der Waals surface area contributed by atoms with E-state index in [2.05, 4.69) is 4.98 Å². The highest BCUT2D eigenvalue weighted by Crippen LogP contribution is 2.67. The molecule has 32 heavy (non-hydrogen) atoms. The number of alkyl halides is 3. The van der Waals surface area contributed by atoms with Crippen molar-refractivity contribution in [2.45, 2.75) is 35.8 Å². The first-order chi connectivity index (χ1) is 15.2. The number of methoxy groups -OCH3 is 1. The van der Waals surface area contributed by atoms with Crippen molar-refractivity contribution in [3.05, 3.63) is 89.2 Å². The molecule has 4 atom stereocenters. The molecule has 1 saturated carbocycles. The average molecular weight is 443 g/mol. The molecular weight excluding hydrogens is 423 g/mol. The summed E-state index contributed by atoms with van der Waals surface area (Å²) in [5.74, 6) is -0.115. The number of fused-ring (bicyclic) bond motifs is 3. The third kappa shape index (κ3) is 2.63. The Kier molecular flexibility index (Phi) is 4.51. The molecule has 1 aromatic heterocycles. The summed E-state index contributed by atoms with van der Waals surface area (Å²) in [4.78, 5) is 4.09. The first-order valence-electron chi connectivity index (χ1n) is 10.1. The molecule has 5 rings (SSSR count). The zero-order valence-corrected chi connectivity index (χ0v) is 17.0. The van der Waals surface area contributed by atoms with Gasteiger partial charge in [-0.1, -0.05) is 42.5 Å². The second kappa shape index (κ2) is 6.95. The van der Waals surface area contributed by atoms with E-state index in [1.54, 1.807) is 0 Å². The van der Waals surface area contributed by atoms with E-state index in [-0.39, 0.29) is 23.5 Å². The predicted octanol–water partition coefficient (Wildman–Crippen LogP) is 4.13. The number of pyridine rings is 1. The number of hydrogen-bond donors (Lipinski definition) is 2. The lowest BCUT2D eigenvalue weighted by atomic mass is 9.71. The molecule has 8 heteroatoms. The van der Waals surface area contributed by atoms with Crippen LogP contribution in [0.5, 0.6) is 11.5 Å². The molecule has 5 nitrogen and oxygen atoms in total. The van der Waals surface area contributed by atoms with Crippen LogP contribution in [0.4, 0.5) is 13.2 Å². The molecule has 166 valence electrons. The van der Waals surface area contributed by atoms with Gasteiger partial charge in [-0.3, -0.25) is 4.98 Å². The normalized spacial score (nSPS) is 28.7. The van der Waals surface area contributed by atoms with Gasteiger partial charge in [-0.05, 0) is 29.7 Å². The minimum Gasteiger partial charge on any atom is -0.495 e. The van der Waals surface area contributed by atoms with Crippen LogP contribution in [0, 0.1) is 0 Å². The van der Waals surface area contributed by atoms with Crippen molar-refractivity contribution < 1.29 is 32.9 Å². The molecule has 0 spiro atoms. The highest BCUT2D eigenvalue weighted by molar-refractivity contribution is 5.58. The molecule has 2 aliphatic rings. The van der Waals surface area contributed by atoms with E-state index in [4.69, 9.17) is 9.47 Å². The molecule has 2 heterocycles. The Bertz CT molecular complexity index is 1150. The third-order valence-corrected chi connectivity index (χ3v) is 6.59. The molecule has 0 saturated heterocycles. The van der Waals surface area contributed by atoms with E-state index in [1.807, 2.05) is 30.3 Å². The minimum absolute atomic E-state index is 0.131. The van der Waals surface area contributed by atoms with Gasteiger partial charge in [0.25, 0.3) is 0 Å². The van der Waals surface area contributed by atoms with Crippen LogP contribution in [0.2, 0.25) is 0 Å². The number of aromatic nitrogens is 1. The Morgan fingerprint density at radius 2 is 1.75 bits per heavy atom. The maximum atomic E-state index is 13.2. The van der Waals surface area contributed by atoms with Crippen LogP contribution in [0.1, 0.15) is 34.6 Å². The van der Waals surface area contributed by atoms with Crippen molar-refractivity contribution in [3.63, 3.8) is 0 Å². The first kappa shape index (κ1) is 20.8. The number of ether oxygens (including phenoxy) is 2. The van der Waals surface area contributed by atoms with Crippen molar-refractivity contribution >= 4 is 0 Å². The van der Waals surface area contributed by atoms with Gasteiger partial charge in [0.15, 0.2) is 11.2 Å². The molecule has 1 aliphatic carbocycles. The molecule has 0 bridgehead atoms. The van der Waals surface area contributed by atoms with Gasteiger partial charge in [0.1, 0.15) is 11.5 Å². The van der Waals surface area contributed by atoms with E-state index in [1.165, 1.54) is 31.6 Å². The van der Waals surface area contributed by atoms with Crippen molar-refractivity contribution in [2.24, 2.45) is 0 Å². The Balaban J connectivity index is 1.78. The molecule has 0 unspecified atom stereocenters. The Hall–Kier alpha value is -3.10. The number of aliphatic hydroxyl groups is 2. The van der Waals surface area contributed by atoms with Gasteiger partial charge in [-0.15, -0.1) is 0 Å². The van der Waals surface area contributed by atoms with Crippen molar-refractivity contribution in [2.75, 3.05) is 7.11 Å². The predicted molar refractivity (Wildman–Crippen MR) is 108 cm³/mol. The van der Waals surface area contributed by atoms with Gasteiger partial charge in [0, 0.05) is 5.92 Å². The third-order valence-electron chi connectivity index (χ3n) is 6.59. The Morgan fingerprint density at radius 1 is 1.06 bits per heavy atom. The SMILES string of the molecule is COc1cncc2c1[C@]1(O)[C@H](O)C[C@@H](c3ccccc3)[C@]1(c1ccc(C(F)(F)F)cc1)O2. The van der Waals surface area contributed by atoms with Crippen molar-refractivity contribution in [1.82, 2.24) is 4.98 Å². The van der Waals surface area contributed by atoms with Crippen LogP contribution in [0.25, 0.3) is 0 Å². The zero-order chi connectivity index (χ0) is 22.7. The van der Waals surface area contributed by atoms with E-state index >= 15 is 0 Å². The van der Waals surface area contributed by atoms with Crippen LogP contribution < -0.4 is 9.47 Å². The van der Waals surface area contributed by atoms with E-state index in [0.29, 0.717) is 5.56 Å². The fourth-order valence-electron chi connectivity index (χ4n) is 5.22. The summed E-state index contributed by atoms with van der Waals surface area (Å²) in [6, 6.07) is 13.7. The van der Waals surface area contributed by atoms with Crippen LogP contribution >= 0.6 is 0 Å². The maximum absolute atomic E-state index is 13.2. The van der Waals surface area contributed by atoms with Crippen LogP contribution in [-0.2, 0) is 17.4 Å². The number of hydrogen-bond acceptors (Lipinski definition) is 5. The number of aliphatic hydroxyl groups excluding tert-OH is 1. The van der Waals surface area contributed by atoms with E-state index in [0.717, 1.165) is 17.7 Å². The summed E-state index contributed by atoms with van der Waals surface area (Å²) in [5.41, 5.74) is -3.04. The van der Waals surface area contributed by atoms with Gasteiger partial charge >= 0.3 is 6.18 Å². The highest BCUT2D eigenvalue weighted by Gasteiger charge is 2.73. The van der Waals surface area contributed by atoms with Crippen LogP contribution in [0.15, 0.2) is 67.0 Å². The molecule has 2 aromatic carbocycles. The standard InChI is InChI=1S/C24H20F3NO4/c1-31-18-12-28-13-19-21(18)22(30)20(29)11-17(14-5-3-2-4-6-14)23(22,32-19)15-7-9-16(10-8-15)24(25,26)27/h2-10,12-13,17,20,29-30H,11H2,1H3/t17-,20+,22+,23-/m0/s1. The zero-order valence-electron chi connectivity index (χ0n) is 17.0. The van der Waals surface area contributed by atoms with Gasteiger partial charge in [0.2, 0.25) is 0 Å². The molecular formula is C24H20F3NO4.